The molecule has 2 atom stereocenters. The van der Waals surface area contributed by atoms with Crippen LogP contribution in [-0.2, 0) is 14.3 Å². The van der Waals surface area contributed by atoms with E-state index in [9.17, 15) is 14.7 Å². The molecule has 0 radical (unpaired) electrons. The van der Waals surface area contributed by atoms with Crippen molar-refractivity contribution in [2.45, 2.75) is 64.7 Å². The highest BCUT2D eigenvalue weighted by molar-refractivity contribution is 5.76. The van der Waals surface area contributed by atoms with E-state index in [-0.39, 0.29) is 0 Å². The van der Waals surface area contributed by atoms with Gasteiger partial charge in [-0.1, -0.05) is 19.8 Å². The van der Waals surface area contributed by atoms with Gasteiger partial charge in [-0.2, -0.15) is 0 Å². The predicted molar refractivity (Wildman–Crippen MR) is 70.7 cm³/mol. The molecule has 0 saturated carbocycles. The summed E-state index contributed by atoms with van der Waals surface area (Å²) in [6, 6.07) is -0.706. The Bertz CT molecular complexity index is 298. The molecule has 6 nitrogen and oxygen atoms in total. The predicted octanol–water partition coefficient (Wildman–Crippen LogP) is 1.60. The number of esters is 1. The molecule has 6 heteroatoms. The molecule has 0 aliphatic heterocycles. The summed E-state index contributed by atoms with van der Waals surface area (Å²) in [7, 11) is 1.19. The molecule has 1 amide bonds. The lowest BCUT2D eigenvalue weighted by Gasteiger charge is -2.25. The first-order valence-electron chi connectivity index (χ1n) is 6.46. The average molecular weight is 275 g/mol. The summed E-state index contributed by atoms with van der Waals surface area (Å²) in [6.07, 6.45) is 0.0987. The second-order valence-corrected chi connectivity index (χ2v) is 5.36. The van der Waals surface area contributed by atoms with Gasteiger partial charge in [0, 0.05) is 0 Å². The maximum atomic E-state index is 11.7. The van der Waals surface area contributed by atoms with E-state index >= 15 is 0 Å². The molecular formula is C13H25NO5. The van der Waals surface area contributed by atoms with E-state index in [0.29, 0.717) is 6.42 Å². The molecule has 0 aromatic carbocycles. The lowest BCUT2D eigenvalue weighted by molar-refractivity contribution is -0.152. The van der Waals surface area contributed by atoms with Crippen molar-refractivity contribution >= 4 is 12.1 Å². The molecule has 0 aromatic heterocycles. The maximum absolute atomic E-state index is 11.7. The van der Waals surface area contributed by atoms with Gasteiger partial charge in [0.25, 0.3) is 0 Å². The lowest BCUT2D eigenvalue weighted by atomic mass is 10.0. The van der Waals surface area contributed by atoms with Crippen LogP contribution in [0.1, 0.15) is 47.0 Å². The molecule has 2 N–H and O–H groups in total. The number of nitrogens with one attached hydrogen (secondary N) is 1. The zero-order chi connectivity index (χ0) is 15.1. The van der Waals surface area contributed by atoms with Crippen molar-refractivity contribution in [3.8, 4) is 0 Å². The van der Waals surface area contributed by atoms with Crippen LogP contribution >= 0.6 is 0 Å². The second kappa shape index (κ2) is 7.99. The van der Waals surface area contributed by atoms with Gasteiger partial charge in [0.2, 0.25) is 0 Å². The number of rotatable bonds is 6. The number of aliphatic hydroxyl groups excluding tert-OH is 1. The summed E-state index contributed by atoms with van der Waals surface area (Å²) in [4.78, 5) is 23.0. The van der Waals surface area contributed by atoms with Crippen LogP contribution in [-0.4, -0.2) is 42.0 Å². The number of unbranched alkanes of at least 4 members (excludes halogenated alkanes) is 1. The van der Waals surface area contributed by atoms with Crippen LogP contribution < -0.4 is 5.32 Å². The van der Waals surface area contributed by atoms with Gasteiger partial charge in [0.15, 0.2) is 6.10 Å². The number of amides is 1. The van der Waals surface area contributed by atoms with E-state index in [0.717, 1.165) is 12.8 Å². The third kappa shape index (κ3) is 7.66. The van der Waals surface area contributed by atoms with Gasteiger partial charge in [-0.3, -0.25) is 0 Å². The Morgan fingerprint density at radius 2 is 1.89 bits per heavy atom. The van der Waals surface area contributed by atoms with Crippen molar-refractivity contribution in [2.75, 3.05) is 7.11 Å². The first-order chi connectivity index (χ1) is 8.71. The Hall–Kier alpha value is -1.30. The fourth-order valence-corrected chi connectivity index (χ4v) is 1.48. The molecule has 0 rings (SSSR count). The van der Waals surface area contributed by atoms with Crippen LogP contribution in [0.4, 0.5) is 4.79 Å². The number of ether oxygens (including phenoxy) is 2. The molecule has 0 aliphatic rings. The number of aliphatic hydroxyl groups is 1. The van der Waals surface area contributed by atoms with E-state index in [2.05, 4.69) is 10.1 Å². The molecule has 0 heterocycles. The molecule has 0 saturated heterocycles. The van der Waals surface area contributed by atoms with E-state index in [1.54, 1.807) is 20.8 Å². The molecule has 0 aliphatic carbocycles. The van der Waals surface area contributed by atoms with Crippen molar-refractivity contribution < 1.29 is 24.2 Å². The number of carbonyl (C=O) groups excluding carboxylic acids is 2. The Morgan fingerprint density at radius 1 is 1.32 bits per heavy atom. The number of hydrogen-bond donors (Lipinski definition) is 2. The van der Waals surface area contributed by atoms with Crippen LogP contribution in [0.25, 0.3) is 0 Å². The smallest absolute Gasteiger partial charge is 0.407 e. The maximum Gasteiger partial charge on any atom is 0.407 e. The monoisotopic (exact) mass is 275 g/mol. The van der Waals surface area contributed by atoms with E-state index < -0.39 is 29.8 Å². The van der Waals surface area contributed by atoms with Gasteiger partial charge < -0.3 is 19.9 Å². The average Bonchev–Trinajstić information content (AvgIpc) is 2.30. The van der Waals surface area contributed by atoms with E-state index in [1.807, 2.05) is 6.92 Å². The molecule has 112 valence electrons. The summed E-state index contributed by atoms with van der Waals surface area (Å²) in [5, 5.41) is 12.3. The number of hydrogen-bond acceptors (Lipinski definition) is 5. The quantitative estimate of drug-likeness (QED) is 0.719. The van der Waals surface area contributed by atoms with Crippen molar-refractivity contribution in [2.24, 2.45) is 0 Å². The minimum atomic E-state index is -1.39. The Kier molecular flexibility index (Phi) is 7.44. The zero-order valence-corrected chi connectivity index (χ0v) is 12.4. The lowest BCUT2D eigenvalue weighted by Crippen LogP contribution is -2.48. The minimum Gasteiger partial charge on any atom is -0.467 e. The molecule has 0 aromatic rings. The van der Waals surface area contributed by atoms with Crippen LogP contribution in [0.5, 0.6) is 0 Å². The molecule has 19 heavy (non-hydrogen) atoms. The summed E-state index contributed by atoms with van der Waals surface area (Å²) in [5.74, 6) is -0.767. The number of alkyl carbamates (subject to hydrolysis) is 1. The second-order valence-electron chi connectivity index (χ2n) is 5.36. The van der Waals surface area contributed by atoms with Crippen LogP contribution in [0.2, 0.25) is 0 Å². The zero-order valence-electron chi connectivity index (χ0n) is 12.4. The Morgan fingerprint density at radius 3 is 2.32 bits per heavy atom. The van der Waals surface area contributed by atoms with Crippen molar-refractivity contribution in [3.05, 3.63) is 0 Å². The van der Waals surface area contributed by atoms with Crippen LogP contribution in [0.3, 0.4) is 0 Å². The van der Waals surface area contributed by atoms with Crippen LogP contribution in [0.15, 0.2) is 0 Å². The third-order valence-electron chi connectivity index (χ3n) is 2.39. The van der Waals surface area contributed by atoms with Gasteiger partial charge in [0.05, 0.1) is 13.2 Å². The first kappa shape index (κ1) is 17.7. The van der Waals surface area contributed by atoms with Gasteiger partial charge in [-0.15, -0.1) is 0 Å². The minimum absolute atomic E-state index is 0.478. The van der Waals surface area contributed by atoms with Crippen molar-refractivity contribution in [3.63, 3.8) is 0 Å². The fourth-order valence-electron chi connectivity index (χ4n) is 1.48. The number of methoxy groups -OCH3 is 1. The number of carbonyl (C=O) groups is 2. The van der Waals surface area contributed by atoms with Crippen molar-refractivity contribution in [1.29, 1.82) is 0 Å². The highest BCUT2D eigenvalue weighted by Crippen LogP contribution is 2.10. The molecular weight excluding hydrogens is 250 g/mol. The molecule has 0 fully saturated rings. The SMILES string of the molecule is CCCC[C@H](NC(=O)OC(C)(C)C)[C@@H](O)C(=O)OC. The van der Waals surface area contributed by atoms with Crippen LogP contribution in [0, 0.1) is 0 Å². The molecule has 0 bridgehead atoms. The van der Waals surface area contributed by atoms with Gasteiger partial charge in [-0.25, -0.2) is 9.59 Å². The summed E-state index contributed by atoms with van der Waals surface area (Å²) < 4.78 is 9.57. The topological polar surface area (TPSA) is 84.9 Å². The van der Waals surface area contributed by atoms with Crippen molar-refractivity contribution in [1.82, 2.24) is 5.32 Å². The Balaban J connectivity index is 4.58. The fraction of sp³-hybridized carbons (Fsp3) is 0.846. The molecule has 0 unspecified atom stereocenters. The normalized spacial score (nSPS) is 14.4. The standard InChI is InChI=1S/C13H25NO5/c1-6-7-8-9(10(15)11(16)18-5)14-12(17)19-13(2,3)4/h9-10,15H,6-8H2,1-5H3,(H,14,17)/t9-,10+/m0/s1. The largest absolute Gasteiger partial charge is 0.467 e. The Labute approximate surface area is 114 Å². The summed E-state index contributed by atoms with van der Waals surface area (Å²) in [6.45, 7) is 7.20. The highest BCUT2D eigenvalue weighted by Gasteiger charge is 2.29. The van der Waals surface area contributed by atoms with Gasteiger partial charge >= 0.3 is 12.1 Å². The van der Waals surface area contributed by atoms with E-state index in [4.69, 9.17) is 4.74 Å². The third-order valence-corrected chi connectivity index (χ3v) is 2.39. The first-order valence-corrected chi connectivity index (χ1v) is 6.46. The van der Waals surface area contributed by atoms with E-state index in [1.165, 1.54) is 7.11 Å². The highest BCUT2D eigenvalue weighted by atomic mass is 16.6. The summed E-state index contributed by atoms with van der Waals surface area (Å²) >= 11 is 0. The summed E-state index contributed by atoms with van der Waals surface area (Å²) in [5.41, 5.74) is -0.629. The molecule has 0 spiro atoms. The van der Waals surface area contributed by atoms with Gasteiger partial charge in [-0.05, 0) is 27.2 Å². The van der Waals surface area contributed by atoms with Gasteiger partial charge in [0.1, 0.15) is 5.60 Å².